The molecule has 1 aromatic heterocycles. The summed E-state index contributed by atoms with van der Waals surface area (Å²) in [5, 5.41) is 5.85. The van der Waals surface area contributed by atoms with E-state index in [1.165, 1.54) is 30.6 Å². The Kier molecular flexibility index (Phi) is 5.94. The van der Waals surface area contributed by atoms with Gasteiger partial charge in [0.25, 0.3) is 5.91 Å². The molecule has 0 fully saturated rings. The maximum atomic E-state index is 12.9. The number of aromatic nitrogens is 2. The van der Waals surface area contributed by atoms with Gasteiger partial charge in [-0.1, -0.05) is 12.1 Å². The number of rotatable bonds is 7. The second-order valence-corrected chi connectivity index (χ2v) is 5.77. The highest BCUT2D eigenvalue weighted by Gasteiger charge is 2.09. The molecule has 0 unspecified atom stereocenters. The standard InChI is InChI=1S/C20H19FN4O2/c1-27-17-8-2-14(3-9-17)10-11-22-19-12-18(23-13-24-19)20(26)25-16-6-4-15(21)5-7-16/h2-9,12-13H,10-11H2,1H3,(H,25,26)(H,22,23,24). The third-order valence-electron chi connectivity index (χ3n) is 3.88. The Labute approximate surface area is 156 Å². The van der Waals surface area contributed by atoms with E-state index in [4.69, 9.17) is 4.74 Å². The molecule has 0 spiro atoms. The number of amides is 1. The fraction of sp³-hybridized carbons (Fsp3) is 0.150. The predicted octanol–water partition coefficient (Wildman–Crippen LogP) is 3.53. The van der Waals surface area contributed by atoms with E-state index >= 15 is 0 Å². The van der Waals surface area contributed by atoms with Gasteiger partial charge in [-0.25, -0.2) is 14.4 Å². The Hall–Kier alpha value is -3.48. The minimum absolute atomic E-state index is 0.223. The van der Waals surface area contributed by atoms with Gasteiger partial charge in [0.05, 0.1) is 7.11 Å². The zero-order chi connectivity index (χ0) is 19.1. The fourth-order valence-corrected chi connectivity index (χ4v) is 2.43. The maximum Gasteiger partial charge on any atom is 0.274 e. The Morgan fingerprint density at radius 2 is 1.81 bits per heavy atom. The monoisotopic (exact) mass is 366 g/mol. The molecule has 27 heavy (non-hydrogen) atoms. The Morgan fingerprint density at radius 1 is 1.07 bits per heavy atom. The van der Waals surface area contributed by atoms with Crippen molar-refractivity contribution in [3.8, 4) is 5.75 Å². The van der Waals surface area contributed by atoms with Crippen LogP contribution in [0.25, 0.3) is 0 Å². The first-order valence-corrected chi connectivity index (χ1v) is 8.40. The number of nitrogens with one attached hydrogen (secondary N) is 2. The summed E-state index contributed by atoms with van der Waals surface area (Å²) in [6.07, 6.45) is 2.13. The summed E-state index contributed by atoms with van der Waals surface area (Å²) in [4.78, 5) is 20.4. The number of anilines is 2. The molecule has 0 radical (unpaired) electrons. The molecule has 3 aromatic rings. The van der Waals surface area contributed by atoms with Crippen molar-refractivity contribution < 1.29 is 13.9 Å². The molecular weight excluding hydrogens is 347 g/mol. The van der Waals surface area contributed by atoms with Crippen LogP contribution in [0.15, 0.2) is 60.9 Å². The SMILES string of the molecule is COc1ccc(CCNc2cc(C(=O)Nc3ccc(F)cc3)ncn2)cc1. The average molecular weight is 366 g/mol. The quantitative estimate of drug-likeness (QED) is 0.669. The van der Waals surface area contributed by atoms with Gasteiger partial charge in [0.2, 0.25) is 0 Å². The minimum atomic E-state index is -0.387. The van der Waals surface area contributed by atoms with Gasteiger partial charge in [-0.15, -0.1) is 0 Å². The van der Waals surface area contributed by atoms with E-state index in [-0.39, 0.29) is 17.4 Å². The summed E-state index contributed by atoms with van der Waals surface area (Å²) >= 11 is 0. The molecule has 1 amide bonds. The highest BCUT2D eigenvalue weighted by atomic mass is 19.1. The Bertz CT molecular complexity index is 899. The van der Waals surface area contributed by atoms with Gasteiger partial charge in [-0.2, -0.15) is 0 Å². The minimum Gasteiger partial charge on any atom is -0.497 e. The molecule has 1 heterocycles. The van der Waals surface area contributed by atoms with Crippen molar-refractivity contribution in [3.05, 3.63) is 78.0 Å². The summed E-state index contributed by atoms with van der Waals surface area (Å²) in [5.41, 5.74) is 1.88. The second-order valence-electron chi connectivity index (χ2n) is 5.77. The van der Waals surface area contributed by atoms with Gasteiger partial charge in [-0.05, 0) is 48.4 Å². The summed E-state index contributed by atoms with van der Waals surface area (Å²) in [7, 11) is 1.63. The zero-order valence-corrected chi connectivity index (χ0v) is 14.8. The summed E-state index contributed by atoms with van der Waals surface area (Å²) in [5.74, 6) is 0.627. The molecular formula is C20H19FN4O2. The Balaban J connectivity index is 1.56. The lowest BCUT2D eigenvalue weighted by atomic mass is 10.1. The molecule has 0 aliphatic carbocycles. The van der Waals surface area contributed by atoms with Crippen molar-refractivity contribution in [1.82, 2.24) is 9.97 Å². The van der Waals surface area contributed by atoms with Crippen molar-refractivity contribution in [2.24, 2.45) is 0 Å². The van der Waals surface area contributed by atoms with E-state index in [1.807, 2.05) is 24.3 Å². The number of carbonyl (C=O) groups is 1. The van der Waals surface area contributed by atoms with Gasteiger partial charge in [0, 0.05) is 18.3 Å². The lowest BCUT2D eigenvalue weighted by Crippen LogP contribution is -2.15. The maximum absolute atomic E-state index is 12.9. The lowest BCUT2D eigenvalue weighted by Gasteiger charge is -2.08. The van der Waals surface area contributed by atoms with Crippen molar-refractivity contribution in [2.45, 2.75) is 6.42 Å². The number of ether oxygens (including phenoxy) is 1. The van der Waals surface area contributed by atoms with E-state index in [2.05, 4.69) is 20.6 Å². The predicted molar refractivity (Wildman–Crippen MR) is 102 cm³/mol. The van der Waals surface area contributed by atoms with Crippen LogP contribution in [0.5, 0.6) is 5.75 Å². The van der Waals surface area contributed by atoms with Crippen molar-refractivity contribution in [3.63, 3.8) is 0 Å². The highest BCUT2D eigenvalue weighted by Crippen LogP contribution is 2.13. The molecule has 0 atom stereocenters. The summed E-state index contributed by atoms with van der Waals surface area (Å²) in [6, 6.07) is 14.9. The Morgan fingerprint density at radius 3 is 2.52 bits per heavy atom. The first-order valence-electron chi connectivity index (χ1n) is 8.40. The van der Waals surface area contributed by atoms with Gasteiger partial charge >= 0.3 is 0 Å². The molecule has 0 bridgehead atoms. The van der Waals surface area contributed by atoms with Crippen LogP contribution in [0.4, 0.5) is 15.9 Å². The van der Waals surface area contributed by atoms with Crippen LogP contribution >= 0.6 is 0 Å². The molecule has 2 aromatic carbocycles. The molecule has 0 aliphatic heterocycles. The van der Waals surface area contributed by atoms with E-state index in [1.54, 1.807) is 13.2 Å². The average Bonchev–Trinajstić information content (AvgIpc) is 2.70. The van der Waals surface area contributed by atoms with Crippen LogP contribution in [0, 0.1) is 5.82 Å². The number of nitrogens with zero attached hydrogens (tertiary/aromatic N) is 2. The first-order chi connectivity index (χ1) is 13.1. The van der Waals surface area contributed by atoms with Gasteiger partial charge < -0.3 is 15.4 Å². The third-order valence-corrected chi connectivity index (χ3v) is 3.88. The zero-order valence-electron chi connectivity index (χ0n) is 14.8. The number of hydrogen-bond donors (Lipinski definition) is 2. The number of halogens is 1. The van der Waals surface area contributed by atoms with E-state index < -0.39 is 0 Å². The first kappa shape index (κ1) is 18.3. The highest BCUT2D eigenvalue weighted by molar-refractivity contribution is 6.03. The molecule has 0 aliphatic rings. The van der Waals surface area contributed by atoms with E-state index in [0.29, 0.717) is 18.1 Å². The van der Waals surface area contributed by atoms with Crippen molar-refractivity contribution >= 4 is 17.4 Å². The number of methoxy groups -OCH3 is 1. The lowest BCUT2D eigenvalue weighted by molar-refractivity contribution is 0.102. The van der Waals surface area contributed by atoms with Crippen LogP contribution in [0.3, 0.4) is 0 Å². The van der Waals surface area contributed by atoms with Crippen LogP contribution in [0.2, 0.25) is 0 Å². The van der Waals surface area contributed by atoms with Crippen LogP contribution < -0.4 is 15.4 Å². The van der Waals surface area contributed by atoms with Crippen LogP contribution in [0.1, 0.15) is 16.1 Å². The second kappa shape index (κ2) is 8.75. The van der Waals surface area contributed by atoms with Gasteiger partial charge in [-0.3, -0.25) is 4.79 Å². The summed E-state index contributed by atoms with van der Waals surface area (Å²) in [6.45, 7) is 0.655. The van der Waals surface area contributed by atoms with Crippen LogP contribution in [-0.4, -0.2) is 29.5 Å². The molecule has 6 nitrogen and oxygen atoms in total. The fourth-order valence-electron chi connectivity index (χ4n) is 2.43. The third kappa shape index (κ3) is 5.24. The molecule has 7 heteroatoms. The van der Waals surface area contributed by atoms with Crippen molar-refractivity contribution in [2.75, 3.05) is 24.3 Å². The molecule has 0 saturated heterocycles. The smallest absolute Gasteiger partial charge is 0.274 e. The normalized spacial score (nSPS) is 10.3. The number of carbonyl (C=O) groups excluding carboxylic acids is 1. The largest absolute Gasteiger partial charge is 0.497 e. The number of hydrogen-bond acceptors (Lipinski definition) is 5. The van der Waals surface area contributed by atoms with Crippen LogP contribution in [-0.2, 0) is 6.42 Å². The van der Waals surface area contributed by atoms with Crippen molar-refractivity contribution in [1.29, 1.82) is 0 Å². The topological polar surface area (TPSA) is 76.1 Å². The summed E-state index contributed by atoms with van der Waals surface area (Å²) < 4.78 is 18.1. The molecule has 0 saturated carbocycles. The van der Waals surface area contributed by atoms with Gasteiger partial charge in [0.1, 0.15) is 29.4 Å². The number of benzene rings is 2. The molecule has 138 valence electrons. The molecule has 3 rings (SSSR count). The van der Waals surface area contributed by atoms with Gasteiger partial charge in [0.15, 0.2) is 0 Å². The molecule has 2 N–H and O–H groups in total. The van der Waals surface area contributed by atoms with E-state index in [0.717, 1.165) is 17.7 Å². The van der Waals surface area contributed by atoms with E-state index in [9.17, 15) is 9.18 Å².